The standard InChI is InChI=1S/C13H17F3N2O2/c1-17-12(20)8-18(2)7-11(19)9-4-3-5-10(6-9)13(14,15)16/h3-6,11,19H,7-8H2,1-2H3,(H,17,20). The Labute approximate surface area is 115 Å². The number of hydrogen-bond donors (Lipinski definition) is 2. The fourth-order valence-corrected chi connectivity index (χ4v) is 1.71. The molecule has 0 aliphatic carbocycles. The van der Waals surface area contributed by atoms with Crippen molar-refractivity contribution in [2.24, 2.45) is 0 Å². The Hall–Kier alpha value is -1.60. The van der Waals surface area contributed by atoms with Gasteiger partial charge < -0.3 is 10.4 Å². The molecule has 0 saturated heterocycles. The zero-order valence-electron chi connectivity index (χ0n) is 11.2. The molecule has 7 heteroatoms. The van der Waals surface area contributed by atoms with Crippen molar-refractivity contribution < 1.29 is 23.1 Å². The van der Waals surface area contributed by atoms with Gasteiger partial charge in [0.2, 0.25) is 5.91 Å². The van der Waals surface area contributed by atoms with Crippen LogP contribution in [0.4, 0.5) is 13.2 Å². The number of amides is 1. The van der Waals surface area contributed by atoms with Gasteiger partial charge in [-0.05, 0) is 24.7 Å². The van der Waals surface area contributed by atoms with E-state index in [0.717, 1.165) is 12.1 Å². The zero-order chi connectivity index (χ0) is 15.3. The lowest BCUT2D eigenvalue weighted by Crippen LogP contribution is -2.35. The van der Waals surface area contributed by atoms with Gasteiger partial charge in [0, 0.05) is 13.6 Å². The summed E-state index contributed by atoms with van der Waals surface area (Å²) < 4.78 is 37.7. The Morgan fingerprint density at radius 3 is 2.65 bits per heavy atom. The smallest absolute Gasteiger partial charge is 0.387 e. The molecule has 4 nitrogen and oxygen atoms in total. The molecule has 1 rings (SSSR count). The lowest BCUT2D eigenvalue weighted by Gasteiger charge is -2.20. The Balaban J connectivity index is 2.72. The molecule has 1 atom stereocenters. The molecule has 1 aromatic rings. The van der Waals surface area contributed by atoms with Gasteiger partial charge >= 0.3 is 6.18 Å². The van der Waals surface area contributed by atoms with Crippen molar-refractivity contribution in [3.05, 3.63) is 35.4 Å². The van der Waals surface area contributed by atoms with Gasteiger partial charge in [-0.1, -0.05) is 12.1 Å². The highest BCUT2D eigenvalue weighted by atomic mass is 19.4. The number of halogens is 3. The molecule has 0 aromatic heterocycles. The quantitative estimate of drug-likeness (QED) is 0.862. The number of nitrogens with zero attached hydrogens (tertiary/aromatic N) is 1. The molecule has 112 valence electrons. The Morgan fingerprint density at radius 1 is 1.45 bits per heavy atom. The summed E-state index contributed by atoms with van der Waals surface area (Å²) in [5.41, 5.74) is -0.633. The third kappa shape index (κ3) is 4.82. The first-order valence-corrected chi connectivity index (χ1v) is 5.98. The third-order valence-corrected chi connectivity index (χ3v) is 2.78. The summed E-state index contributed by atoms with van der Waals surface area (Å²) in [6.07, 6.45) is -5.53. The van der Waals surface area contributed by atoms with E-state index in [2.05, 4.69) is 5.32 Å². The van der Waals surface area contributed by atoms with Gasteiger partial charge in [-0.25, -0.2) is 0 Å². The van der Waals surface area contributed by atoms with Crippen molar-refractivity contribution in [2.45, 2.75) is 12.3 Å². The summed E-state index contributed by atoms with van der Waals surface area (Å²) in [6, 6.07) is 4.54. The zero-order valence-corrected chi connectivity index (χ0v) is 11.2. The molecule has 2 N–H and O–H groups in total. The predicted octanol–water partition coefficient (Wildman–Crippen LogP) is 1.42. The van der Waals surface area contributed by atoms with E-state index in [-0.39, 0.29) is 24.6 Å². The topological polar surface area (TPSA) is 52.6 Å². The van der Waals surface area contributed by atoms with Crippen LogP contribution in [0.5, 0.6) is 0 Å². The minimum atomic E-state index is -4.44. The Morgan fingerprint density at radius 2 is 2.10 bits per heavy atom. The Bertz CT molecular complexity index is 463. The van der Waals surface area contributed by atoms with Crippen LogP contribution in [0.1, 0.15) is 17.2 Å². The Kier molecular flexibility index (Phi) is 5.52. The van der Waals surface area contributed by atoms with Crippen LogP contribution in [0, 0.1) is 0 Å². The van der Waals surface area contributed by atoms with Gasteiger partial charge in [0.1, 0.15) is 0 Å². The van der Waals surface area contributed by atoms with Gasteiger partial charge in [-0.3, -0.25) is 9.69 Å². The molecule has 0 radical (unpaired) electrons. The highest BCUT2D eigenvalue weighted by Crippen LogP contribution is 2.30. The van der Waals surface area contributed by atoms with Gasteiger partial charge in [-0.2, -0.15) is 13.2 Å². The van der Waals surface area contributed by atoms with Gasteiger partial charge in [-0.15, -0.1) is 0 Å². The summed E-state index contributed by atoms with van der Waals surface area (Å²) in [4.78, 5) is 12.7. The lowest BCUT2D eigenvalue weighted by atomic mass is 10.1. The van der Waals surface area contributed by atoms with E-state index in [1.165, 1.54) is 24.1 Å². The molecule has 0 bridgehead atoms. The van der Waals surface area contributed by atoms with Crippen LogP contribution in [-0.2, 0) is 11.0 Å². The number of carbonyl (C=O) groups is 1. The monoisotopic (exact) mass is 290 g/mol. The number of hydrogen-bond acceptors (Lipinski definition) is 3. The summed E-state index contributed by atoms with van der Waals surface area (Å²) in [7, 11) is 3.09. The van der Waals surface area contributed by atoms with Crippen LogP contribution in [0.25, 0.3) is 0 Å². The fourth-order valence-electron chi connectivity index (χ4n) is 1.71. The molecule has 1 unspecified atom stereocenters. The van der Waals surface area contributed by atoms with Gasteiger partial charge in [0.15, 0.2) is 0 Å². The van der Waals surface area contributed by atoms with Crippen LogP contribution < -0.4 is 5.32 Å². The number of likely N-dealkylation sites (N-methyl/N-ethyl adjacent to an activating group) is 2. The van der Waals surface area contributed by atoms with Crippen LogP contribution in [0.2, 0.25) is 0 Å². The molecule has 0 saturated carbocycles. The maximum absolute atomic E-state index is 12.6. The van der Waals surface area contributed by atoms with Crippen molar-refractivity contribution in [3.8, 4) is 0 Å². The number of alkyl halides is 3. The number of rotatable bonds is 5. The summed E-state index contributed by atoms with van der Waals surface area (Å²) in [5, 5.41) is 12.4. The lowest BCUT2D eigenvalue weighted by molar-refractivity contribution is -0.137. The van der Waals surface area contributed by atoms with Crippen molar-refractivity contribution in [2.75, 3.05) is 27.2 Å². The van der Waals surface area contributed by atoms with E-state index in [1.54, 1.807) is 7.05 Å². The van der Waals surface area contributed by atoms with Gasteiger partial charge in [0.25, 0.3) is 0 Å². The van der Waals surface area contributed by atoms with Crippen LogP contribution in [-0.4, -0.2) is 43.1 Å². The summed E-state index contributed by atoms with van der Waals surface area (Å²) >= 11 is 0. The van der Waals surface area contributed by atoms with Crippen molar-refractivity contribution in [3.63, 3.8) is 0 Å². The summed E-state index contributed by atoms with van der Waals surface area (Å²) in [5.74, 6) is -0.233. The number of carbonyl (C=O) groups excluding carboxylic acids is 1. The molecule has 0 spiro atoms. The molecule has 0 aliphatic rings. The largest absolute Gasteiger partial charge is 0.416 e. The van der Waals surface area contributed by atoms with E-state index in [9.17, 15) is 23.1 Å². The van der Waals surface area contributed by atoms with Crippen molar-refractivity contribution in [1.82, 2.24) is 10.2 Å². The third-order valence-electron chi connectivity index (χ3n) is 2.78. The molecular weight excluding hydrogens is 273 g/mol. The average Bonchev–Trinajstić information content (AvgIpc) is 2.37. The highest BCUT2D eigenvalue weighted by Gasteiger charge is 2.30. The maximum atomic E-state index is 12.6. The van der Waals surface area contributed by atoms with Crippen LogP contribution >= 0.6 is 0 Å². The molecule has 20 heavy (non-hydrogen) atoms. The molecule has 0 heterocycles. The predicted molar refractivity (Wildman–Crippen MR) is 68.0 cm³/mol. The van der Waals surface area contributed by atoms with Crippen LogP contribution in [0.15, 0.2) is 24.3 Å². The molecular formula is C13H17F3N2O2. The second-order valence-electron chi connectivity index (χ2n) is 4.51. The van der Waals surface area contributed by atoms with Gasteiger partial charge in [0.05, 0.1) is 18.2 Å². The van der Waals surface area contributed by atoms with Crippen molar-refractivity contribution in [1.29, 1.82) is 0 Å². The van der Waals surface area contributed by atoms with Crippen molar-refractivity contribution >= 4 is 5.91 Å². The maximum Gasteiger partial charge on any atom is 0.416 e. The molecule has 0 fully saturated rings. The highest BCUT2D eigenvalue weighted by molar-refractivity contribution is 5.77. The normalized spacial score (nSPS) is 13.3. The average molecular weight is 290 g/mol. The second-order valence-corrected chi connectivity index (χ2v) is 4.51. The first-order chi connectivity index (χ1) is 9.24. The molecule has 1 amide bonds. The minimum Gasteiger partial charge on any atom is -0.387 e. The van der Waals surface area contributed by atoms with E-state index in [1.807, 2.05) is 0 Å². The number of nitrogens with one attached hydrogen (secondary N) is 1. The van der Waals surface area contributed by atoms with E-state index in [4.69, 9.17) is 0 Å². The number of aliphatic hydroxyl groups excluding tert-OH is 1. The first kappa shape index (κ1) is 16.5. The second kappa shape index (κ2) is 6.71. The minimum absolute atomic E-state index is 0.0620. The fraction of sp³-hybridized carbons (Fsp3) is 0.462. The van der Waals surface area contributed by atoms with E-state index >= 15 is 0 Å². The molecule has 1 aromatic carbocycles. The first-order valence-electron chi connectivity index (χ1n) is 5.98. The van der Waals surface area contributed by atoms with Crippen LogP contribution in [0.3, 0.4) is 0 Å². The van der Waals surface area contributed by atoms with E-state index < -0.39 is 17.8 Å². The SMILES string of the molecule is CNC(=O)CN(C)CC(O)c1cccc(C(F)(F)F)c1. The number of aliphatic hydroxyl groups is 1. The molecule has 0 aliphatic heterocycles. The summed E-state index contributed by atoms with van der Waals surface area (Å²) in [6.45, 7) is 0.126. The van der Waals surface area contributed by atoms with E-state index in [0.29, 0.717) is 0 Å². The number of benzene rings is 1.